The second-order valence-electron chi connectivity index (χ2n) is 10.1. The van der Waals surface area contributed by atoms with E-state index >= 15 is 0 Å². The van der Waals surface area contributed by atoms with Crippen molar-refractivity contribution in [1.29, 1.82) is 0 Å². The lowest BCUT2D eigenvalue weighted by atomic mass is 9.87. The van der Waals surface area contributed by atoms with Crippen LogP contribution in [0.15, 0.2) is 60.8 Å². The first-order chi connectivity index (χ1) is 17.2. The van der Waals surface area contributed by atoms with Crippen LogP contribution in [0.1, 0.15) is 17.5 Å². The average molecular weight is 475 g/mol. The highest BCUT2D eigenvalue weighted by Crippen LogP contribution is 2.24. The third-order valence-corrected chi connectivity index (χ3v) is 7.53. The lowest BCUT2D eigenvalue weighted by molar-refractivity contribution is -0.127. The van der Waals surface area contributed by atoms with E-state index in [-0.39, 0.29) is 11.8 Å². The van der Waals surface area contributed by atoms with Crippen molar-refractivity contribution in [3.05, 3.63) is 71.9 Å². The molecule has 2 aliphatic heterocycles. The number of nitrogens with zero attached hydrogens (tertiary/aromatic N) is 2. The SMILES string of the molecule is O=C(NCCc1c[nH]c2ccccc12)[C@@H]1C[C@H](CN2CCOCC2)CN(CCc2ccccc2)C1. The summed E-state index contributed by atoms with van der Waals surface area (Å²) in [7, 11) is 0. The first-order valence-corrected chi connectivity index (χ1v) is 13.1. The molecule has 2 saturated heterocycles. The molecule has 0 spiro atoms. The number of nitrogens with one attached hydrogen (secondary N) is 2. The van der Waals surface area contributed by atoms with Gasteiger partial charge < -0.3 is 19.9 Å². The first-order valence-electron chi connectivity index (χ1n) is 13.1. The van der Waals surface area contributed by atoms with E-state index in [1.165, 1.54) is 16.5 Å². The number of aromatic nitrogens is 1. The number of carbonyl (C=O) groups excluding carboxylic acids is 1. The molecule has 186 valence electrons. The average Bonchev–Trinajstić information content (AvgIpc) is 3.31. The van der Waals surface area contributed by atoms with Crippen LogP contribution in [0.2, 0.25) is 0 Å². The molecule has 2 atom stereocenters. The van der Waals surface area contributed by atoms with Gasteiger partial charge in [0.2, 0.25) is 5.91 Å². The van der Waals surface area contributed by atoms with Gasteiger partial charge in [0.25, 0.3) is 0 Å². The van der Waals surface area contributed by atoms with Gasteiger partial charge in [-0.05, 0) is 42.4 Å². The second-order valence-corrected chi connectivity index (χ2v) is 10.1. The minimum atomic E-state index is 0.0496. The molecular weight excluding hydrogens is 436 g/mol. The predicted molar refractivity (Wildman–Crippen MR) is 140 cm³/mol. The highest BCUT2D eigenvalue weighted by atomic mass is 16.5. The highest BCUT2D eigenvalue weighted by molar-refractivity contribution is 5.83. The van der Waals surface area contributed by atoms with Gasteiger partial charge in [0, 0.05) is 62.9 Å². The Bertz CT molecular complexity index is 1080. The molecular formula is C29H38N4O2. The number of para-hydroxylation sites is 1. The van der Waals surface area contributed by atoms with Crippen LogP contribution in [0.25, 0.3) is 10.9 Å². The number of rotatable bonds is 9. The largest absolute Gasteiger partial charge is 0.379 e. The quantitative estimate of drug-likeness (QED) is 0.499. The van der Waals surface area contributed by atoms with Crippen molar-refractivity contribution >= 4 is 16.8 Å². The molecule has 35 heavy (non-hydrogen) atoms. The summed E-state index contributed by atoms with van der Waals surface area (Å²) in [5.74, 6) is 0.775. The summed E-state index contributed by atoms with van der Waals surface area (Å²) in [6.07, 6.45) is 4.91. The minimum Gasteiger partial charge on any atom is -0.379 e. The second kappa shape index (κ2) is 11.8. The van der Waals surface area contributed by atoms with Gasteiger partial charge in [-0.3, -0.25) is 9.69 Å². The van der Waals surface area contributed by atoms with Crippen LogP contribution in [-0.2, 0) is 22.4 Å². The molecule has 5 rings (SSSR count). The van der Waals surface area contributed by atoms with Gasteiger partial charge in [-0.2, -0.15) is 0 Å². The summed E-state index contributed by atoms with van der Waals surface area (Å²) >= 11 is 0. The summed E-state index contributed by atoms with van der Waals surface area (Å²) in [6, 6.07) is 19.0. The number of carbonyl (C=O) groups is 1. The molecule has 2 aromatic carbocycles. The number of piperidine rings is 1. The van der Waals surface area contributed by atoms with Crippen LogP contribution < -0.4 is 5.32 Å². The summed E-state index contributed by atoms with van der Waals surface area (Å²) in [5, 5.41) is 4.51. The minimum absolute atomic E-state index is 0.0496. The van der Waals surface area contributed by atoms with Crippen molar-refractivity contribution in [3.8, 4) is 0 Å². The van der Waals surface area contributed by atoms with E-state index in [2.05, 4.69) is 74.8 Å². The molecule has 2 N–H and O–H groups in total. The van der Waals surface area contributed by atoms with Crippen LogP contribution in [0, 0.1) is 11.8 Å². The maximum absolute atomic E-state index is 13.3. The molecule has 6 heteroatoms. The number of fused-ring (bicyclic) bond motifs is 1. The van der Waals surface area contributed by atoms with Crippen LogP contribution in [0.3, 0.4) is 0 Å². The number of hydrogen-bond donors (Lipinski definition) is 2. The molecule has 2 fully saturated rings. The maximum Gasteiger partial charge on any atom is 0.224 e. The topological polar surface area (TPSA) is 60.6 Å². The van der Waals surface area contributed by atoms with Crippen LogP contribution in [0.4, 0.5) is 0 Å². The Kier molecular flexibility index (Phi) is 8.14. The van der Waals surface area contributed by atoms with Crippen molar-refractivity contribution in [2.75, 3.05) is 59.0 Å². The van der Waals surface area contributed by atoms with Gasteiger partial charge in [-0.15, -0.1) is 0 Å². The van der Waals surface area contributed by atoms with E-state index in [4.69, 9.17) is 4.74 Å². The standard InChI is InChI=1S/C29H38N4O2/c34-29(30-12-10-25-19-31-28-9-5-4-8-27(25)28)26-18-24(20-32-14-16-35-17-15-32)21-33(22-26)13-11-23-6-2-1-3-7-23/h1-9,19,24,26,31H,10-18,20-22H2,(H,30,34)/t24-,26-/m1/s1. The molecule has 1 aromatic heterocycles. The number of likely N-dealkylation sites (tertiary alicyclic amines) is 1. The van der Waals surface area contributed by atoms with E-state index in [0.29, 0.717) is 12.5 Å². The molecule has 0 aliphatic carbocycles. The van der Waals surface area contributed by atoms with Crippen molar-refractivity contribution in [3.63, 3.8) is 0 Å². The lowest BCUT2D eigenvalue weighted by Crippen LogP contribution is -2.50. The van der Waals surface area contributed by atoms with E-state index in [1.807, 2.05) is 6.07 Å². The van der Waals surface area contributed by atoms with E-state index in [1.54, 1.807) is 0 Å². The number of benzene rings is 2. The van der Waals surface area contributed by atoms with Gasteiger partial charge >= 0.3 is 0 Å². The van der Waals surface area contributed by atoms with E-state index < -0.39 is 0 Å². The fourth-order valence-electron chi connectivity index (χ4n) is 5.69. The number of morpholine rings is 1. The third kappa shape index (κ3) is 6.51. The van der Waals surface area contributed by atoms with Gasteiger partial charge in [0.15, 0.2) is 0 Å². The number of amides is 1. The zero-order chi connectivity index (χ0) is 23.9. The summed E-state index contributed by atoms with van der Waals surface area (Å²) < 4.78 is 5.54. The van der Waals surface area contributed by atoms with Gasteiger partial charge in [0.1, 0.15) is 0 Å². The van der Waals surface area contributed by atoms with E-state index in [0.717, 1.165) is 77.3 Å². The fraction of sp³-hybridized carbons (Fsp3) is 0.483. The molecule has 1 amide bonds. The van der Waals surface area contributed by atoms with Crippen molar-refractivity contribution in [2.45, 2.75) is 19.3 Å². The molecule has 3 heterocycles. The first kappa shape index (κ1) is 24.0. The summed E-state index contributed by atoms with van der Waals surface area (Å²) in [5.41, 5.74) is 3.78. The zero-order valence-corrected chi connectivity index (χ0v) is 20.6. The molecule has 2 aliphatic rings. The molecule has 0 unspecified atom stereocenters. The summed E-state index contributed by atoms with van der Waals surface area (Å²) in [6.45, 7) is 8.31. The molecule has 0 radical (unpaired) electrons. The fourth-order valence-corrected chi connectivity index (χ4v) is 5.69. The Morgan fingerprint density at radius 3 is 2.63 bits per heavy atom. The molecule has 0 saturated carbocycles. The molecule has 3 aromatic rings. The van der Waals surface area contributed by atoms with Crippen LogP contribution in [-0.4, -0.2) is 79.7 Å². The monoisotopic (exact) mass is 474 g/mol. The third-order valence-electron chi connectivity index (χ3n) is 7.53. The van der Waals surface area contributed by atoms with Crippen LogP contribution >= 0.6 is 0 Å². The Morgan fingerprint density at radius 2 is 1.77 bits per heavy atom. The zero-order valence-electron chi connectivity index (χ0n) is 20.6. The maximum atomic E-state index is 13.3. The predicted octanol–water partition coefficient (Wildman–Crippen LogP) is 3.34. The van der Waals surface area contributed by atoms with Gasteiger partial charge in [-0.1, -0.05) is 48.5 Å². The van der Waals surface area contributed by atoms with Crippen molar-refractivity contribution < 1.29 is 9.53 Å². The summed E-state index contributed by atoms with van der Waals surface area (Å²) in [4.78, 5) is 21.6. The van der Waals surface area contributed by atoms with E-state index in [9.17, 15) is 4.79 Å². The highest BCUT2D eigenvalue weighted by Gasteiger charge is 2.32. The lowest BCUT2D eigenvalue weighted by Gasteiger charge is -2.40. The Labute approximate surface area is 208 Å². The van der Waals surface area contributed by atoms with Gasteiger partial charge in [-0.25, -0.2) is 0 Å². The van der Waals surface area contributed by atoms with Crippen molar-refractivity contribution in [1.82, 2.24) is 20.1 Å². The Morgan fingerprint density at radius 1 is 0.971 bits per heavy atom. The number of ether oxygens (including phenoxy) is 1. The van der Waals surface area contributed by atoms with Crippen molar-refractivity contribution in [2.24, 2.45) is 11.8 Å². The normalized spacial score (nSPS) is 21.8. The molecule has 6 nitrogen and oxygen atoms in total. The number of hydrogen-bond acceptors (Lipinski definition) is 4. The Hall–Kier alpha value is -2.67. The number of H-pyrrole nitrogens is 1. The van der Waals surface area contributed by atoms with Gasteiger partial charge in [0.05, 0.1) is 19.1 Å². The number of aromatic amines is 1. The smallest absolute Gasteiger partial charge is 0.224 e. The Balaban J connectivity index is 1.18. The molecule has 0 bridgehead atoms. The van der Waals surface area contributed by atoms with Crippen LogP contribution in [0.5, 0.6) is 0 Å².